The third kappa shape index (κ3) is 0.999. The second-order valence-electron chi connectivity index (χ2n) is 4.21. The van der Waals surface area contributed by atoms with Crippen LogP contribution in [0.15, 0.2) is 24.3 Å². The van der Waals surface area contributed by atoms with Crippen molar-refractivity contribution in [3.8, 4) is 0 Å². The maximum Gasteiger partial charge on any atom is 0.140 e. The molecule has 0 aromatic heterocycles. The summed E-state index contributed by atoms with van der Waals surface area (Å²) in [4.78, 5) is 11.7. The van der Waals surface area contributed by atoms with Crippen molar-refractivity contribution >= 4 is 11.5 Å². The van der Waals surface area contributed by atoms with Crippen LogP contribution in [0.1, 0.15) is 24.3 Å². The number of anilines is 1. The van der Waals surface area contributed by atoms with Crippen molar-refractivity contribution in [2.45, 2.75) is 18.8 Å². The monoisotopic (exact) mass is 187 g/mol. The summed E-state index contributed by atoms with van der Waals surface area (Å²) in [5, 5.41) is 3.40. The number of carbonyl (C=O) groups is 1. The summed E-state index contributed by atoms with van der Waals surface area (Å²) in [5.41, 5.74) is 2.37. The fourth-order valence-corrected chi connectivity index (χ4v) is 2.73. The highest BCUT2D eigenvalue weighted by molar-refractivity contribution is 5.90. The van der Waals surface area contributed by atoms with Gasteiger partial charge in [0.25, 0.3) is 0 Å². The van der Waals surface area contributed by atoms with Gasteiger partial charge in [0.1, 0.15) is 5.78 Å². The number of rotatable bonds is 0. The average molecular weight is 187 g/mol. The maximum atomic E-state index is 11.7. The van der Waals surface area contributed by atoms with E-state index in [1.54, 1.807) is 0 Å². The van der Waals surface area contributed by atoms with Crippen molar-refractivity contribution in [1.82, 2.24) is 0 Å². The highest BCUT2D eigenvalue weighted by Crippen LogP contribution is 2.42. The Morgan fingerprint density at radius 2 is 2.14 bits per heavy atom. The SMILES string of the molecule is O=C1CCC2CNc3ccccc3C12. The Bertz CT molecular complexity index is 386. The fourth-order valence-electron chi connectivity index (χ4n) is 2.73. The van der Waals surface area contributed by atoms with Gasteiger partial charge in [0.2, 0.25) is 0 Å². The number of hydrogen-bond acceptors (Lipinski definition) is 2. The highest BCUT2D eigenvalue weighted by atomic mass is 16.1. The number of para-hydroxylation sites is 1. The molecule has 2 aliphatic rings. The molecule has 0 amide bonds. The quantitative estimate of drug-likeness (QED) is 0.674. The second kappa shape index (κ2) is 2.84. The highest BCUT2D eigenvalue weighted by Gasteiger charge is 2.39. The summed E-state index contributed by atoms with van der Waals surface area (Å²) < 4.78 is 0. The van der Waals surface area contributed by atoms with E-state index in [0.29, 0.717) is 11.7 Å². The maximum absolute atomic E-state index is 11.7. The van der Waals surface area contributed by atoms with Crippen LogP contribution in [0.25, 0.3) is 0 Å². The first-order valence-corrected chi connectivity index (χ1v) is 5.22. The van der Waals surface area contributed by atoms with Gasteiger partial charge in [0.05, 0.1) is 0 Å². The van der Waals surface area contributed by atoms with Crippen molar-refractivity contribution in [3.63, 3.8) is 0 Å². The van der Waals surface area contributed by atoms with Crippen LogP contribution in [0.4, 0.5) is 5.69 Å². The minimum atomic E-state index is 0.187. The molecule has 0 spiro atoms. The molecule has 14 heavy (non-hydrogen) atoms. The van der Waals surface area contributed by atoms with Gasteiger partial charge >= 0.3 is 0 Å². The molecule has 1 heterocycles. The Morgan fingerprint density at radius 1 is 1.29 bits per heavy atom. The molecule has 72 valence electrons. The normalized spacial score (nSPS) is 29.3. The van der Waals surface area contributed by atoms with Crippen molar-refractivity contribution in [1.29, 1.82) is 0 Å². The molecular formula is C12H13NO. The van der Waals surface area contributed by atoms with Crippen LogP contribution in [0.2, 0.25) is 0 Å². The van der Waals surface area contributed by atoms with E-state index in [4.69, 9.17) is 0 Å². The molecule has 1 aliphatic heterocycles. The van der Waals surface area contributed by atoms with E-state index in [-0.39, 0.29) is 5.92 Å². The molecule has 1 aromatic carbocycles. The number of Topliss-reactive ketones (excluding diaryl/α,β-unsaturated/α-hetero) is 1. The van der Waals surface area contributed by atoms with Gasteiger partial charge in [-0.15, -0.1) is 0 Å². The van der Waals surface area contributed by atoms with Crippen molar-refractivity contribution in [2.24, 2.45) is 5.92 Å². The van der Waals surface area contributed by atoms with Gasteiger partial charge in [-0.05, 0) is 24.0 Å². The third-order valence-corrected chi connectivity index (χ3v) is 3.43. The molecule has 0 radical (unpaired) electrons. The molecule has 2 heteroatoms. The summed E-state index contributed by atoms with van der Waals surface area (Å²) in [6.07, 6.45) is 1.83. The van der Waals surface area contributed by atoms with Gasteiger partial charge in [-0.1, -0.05) is 18.2 Å². The number of fused-ring (bicyclic) bond motifs is 3. The van der Waals surface area contributed by atoms with Crippen LogP contribution in [0.3, 0.4) is 0 Å². The van der Waals surface area contributed by atoms with Gasteiger partial charge in [0.15, 0.2) is 0 Å². The minimum Gasteiger partial charge on any atom is -0.384 e. The van der Waals surface area contributed by atoms with Crippen LogP contribution in [-0.2, 0) is 4.79 Å². The Kier molecular flexibility index (Phi) is 1.63. The van der Waals surface area contributed by atoms with E-state index < -0.39 is 0 Å². The Morgan fingerprint density at radius 3 is 3.07 bits per heavy atom. The van der Waals surface area contributed by atoms with E-state index in [1.807, 2.05) is 12.1 Å². The molecule has 1 fully saturated rings. The summed E-state index contributed by atoms with van der Waals surface area (Å²) in [6, 6.07) is 8.19. The molecule has 2 unspecified atom stereocenters. The fraction of sp³-hybridized carbons (Fsp3) is 0.417. The zero-order valence-electron chi connectivity index (χ0n) is 7.99. The Labute approximate surface area is 83.3 Å². The first-order chi connectivity index (χ1) is 6.86. The Hall–Kier alpha value is -1.31. The van der Waals surface area contributed by atoms with Crippen LogP contribution in [0.5, 0.6) is 0 Å². The van der Waals surface area contributed by atoms with Gasteiger partial charge in [0, 0.05) is 24.6 Å². The number of ketones is 1. The topological polar surface area (TPSA) is 29.1 Å². The Balaban J connectivity index is 2.11. The van der Waals surface area contributed by atoms with Gasteiger partial charge < -0.3 is 5.32 Å². The molecule has 0 bridgehead atoms. The molecule has 2 atom stereocenters. The molecule has 0 saturated heterocycles. The molecule has 2 nitrogen and oxygen atoms in total. The molecule has 1 aliphatic carbocycles. The van der Waals surface area contributed by atoms with E-state index in [2.05, 4.69) is 17.4 Å². The summed E-state index contributed by atoms with van der Waals surface area (Å²) >= 11 is 0. The number of hydrogen-bond donors (Lipinski definition) is 1. The predicted molar refractivity (Wildman–Crippen MR) is 55.4 cm³/mol. The molecule has 1 aromatic rings. The van der Waals surface area contributed by atoms with Crippen LogP contribution >= 0.6 is 0 Å². The van der Waals surface area contributed by atoms with Crippen molar-refractivity contribution in [3.05, 3.63) is 29.8 Å². The number of carbonyl (C=O) groups excluding carboxylic acids is 1. The van der Waals surface area contributed by atoms with Crippen LogP contribution in [-0.4, -0.2) is 12.3 Å². The second-order valence-corrected chi connectivity index (χ2v) is 4.21. The summed E-state index contributed by atoms with van der Waals surface area (Å²) in [5.74, 6) is 1.16. The lowest BCUT2D eigenvalue weighted by molar-refractivity contribution is -0.118. The average Bonchev–Trinajstić information content (AvgIpc) is 2.61. The zero-order chi connectivity index (χ0) is 9.54. The first-order valence-electron chi connectivity index (χ1n) is 5.22. The van der Waals surface area contributed by atoms with Crippen molar-refractivity contribution < 1.29 is 4.79 Å². The van der Waals surface area contributed by atoms with E-state index in [9.17, 15) is 4.79 Å². The third-order valence-electron chi connectivity index (χ3n) is 3.43. The van der Waals surface area contributed by atoms with Crippen LogP contribution in [0, 0.1) is 5.92 Å². The number of nitrogens with one attached hydrogen (secondary N) is 1. The van der Waals surface area contributed by atoms with Crippen molar-refractivity contribution in [2.75, 3.05) is 11.9 Å². The summed E-state index contributed by atoms with van der Waals surface area (Å²) in [6.45, 7) is 0.966. The zero-order valence-corrected chi connectivity index (χ0v) is 7.99. The molecular weight excluding hydrogens is 174 g/mol. The lowest BCUT2D eigenvalue weighted by atomic mass is 9.84. The molecule has 3 rings (SSSR count). The van der Waals surface area contributed by atoms with Gasteiger partial charge in [-0.2, -0.15) is 0 Å². The number of benzene rings is 1. The summed E-state index contributed by atoms with van der Waals surface area (Å²) in [7, 11) is 0. The standard InChI is InChI=1S/C12H13NO/c14-11-6-5-8-7-13-10-4-2-1-3-9(10)12(8)11/h1-4,8,12-13H,5-7H2. The lowest BCUT2D eigenvalue weighted by Crippen LogP contribution is -2.26. The minimum absolute atomic E-state index is 0.187. The van der Waals surface area contributed by atoms with Crippen LogP contribution < -0.4 is 5.32 Å². The van der Waals surface area contributed by atoms with Gasteiger partial charge in [-0.3, -0.25) is 4.79 Å². The first kappa shape index (κ1) is 8.04. The largest absolute Gasteiger partial charge is 0.384 e. The molecule has 1 saturated carbocycles. The van der Waals surface area contributed by atoms with E-state index in [1.165, 1.54) is 5.56 Å². The smallest absolute Gasteiger partial charge is 0.140 e. The van der Waals surface area contributed by atoms with Gasteiger partial charge in [-0.25, -0.2) is 0 Å². The lowest BCUT2D eigenvalue weighted by Gasteiger charge is -2.28. The van der Waals surface area contributed by atoms with E-state index >= 15 is 0 Å². The predicted octanol–water partition coefficient (Wildman–Crippen LogP) is 2.17. The van der Waals surface area contributed by atoms with E-state index in [0.717, 1.165) is 25.1 Å². The molecule has 1 N–H and O–H groups in total.